The minimum atomic E-state index is -0.463. The molecular weight excluding hydrogens is 503 g/mol. The molecule has 37 heavy (non-hydrogen) atoms. The quantitative estimate of drug-likeness (QED) is 0.359. The Morgan fingerprint density at radius 3 is 2.89 bits per heavy atom. The van der Waals surface area contributed by atoms with Gasteiger partial charge in [-0.2, -0.15) is 10.1 Å². The third-order valence-electron chi connectivity index (χ3n) is 5.90. The van der Waals surface area contributed by atoms with Gasteiger partial charge in [0.05, 0.1) is 31.6 Å². The van der Waals surface area contributed by atoms with E-state index in [4.69, 9.17) is 22.1 Å². The Morgan fingerprint density at radius 1 is 1.38 bits per heavy atom. The maximum atomic E-state index is 13.9. The van der Waals surface area contributed by atoms with Crippen LogP contribution in [0.25, 0.3) is 0 Å². The smallest absolute Gasteiger partial charge is 0.270 e. The van der Waals surface area contributed by atoms with Crippen LogP contribution in [0.5, 0.6) is 0 Å². The molecule has 13 heteroatoms. The molecule has 1 aliphatic heterocycles. The zero-order valence-corrected chi connectivity index (χ0v) is 21.0. The van der Waals surface area contributed by atoms with E-state index in [1.54, 1.807) is 24.0 Å². The Kier molecular flexibility index (Phi) is 8.11. The van der Waals surface area contributed by atoms with Crippen molar-refractivity contribution in [3.63, 3.8) is 0 Å². The standard InChI is InChI=1S/C24H26ClFN8O3/c1-33-20(5-6-30-33)31-24-29-10-19(25)22(32-24)28-9-15-8-18(13-37-2)34(23(36)21(15)27)11-16-7-17(26)4-3-14(16)12-35/h3-7,9-10,18,35H,8,11-13,27H2,1-2H3,(H,29,31,32)/t18-/m1/s1. The lowest BCUT2D eigenvalue weighted by atomic mass is 9.96. The number of hydrogen-bond acceptors (Lipinski definition) is 9. The van der Waals surface area contributed by atoms with Crippen LogP contribution in [0.15, 0.2) is 52.9 Å². The number of aryl methyl sites for hydroxylation is 1. The molecule has 0 unspecified atom stereocenters. The summed E-state index contributed by atoms with van der Waals surface area (Å²) in [4.78, 5) is 27.6. The zero-order valence-electron chi connectivity index (χ0n) is 20.2. The van der Waals surface area contributed by atoms with Crippen molar-refractivity contribution in [2.45, 2.75) is 25.6 Å². The maximum Gasteiger partial charge on any atom is 0.270 e. The predicted octanol–water partition coefficient (Wildman–Crippen LogP) is 2.60. The van der Waals surface area contributed by atoms with Gasteiger partial charge in [0, 0.05) is 38.6 Å². The highest BCUT2D eigenvalue weighted by molar-refractivity contribution is 6.32. The third kappa shape index (κ3) is 5.93. The van der Waals surface area contributed by atoms with Crippen molar-refractivity contribution in [1.82, 2.24) is 24.6 Å². The van der Waals surface area contributed by atoms with E-state index in [2.05, 4.69) is 25.4 Å². The summed E-state index contributed by atoms with van der Waals surface area (Å²) < 4.78 is 20.8. The molecule has 3 aromatic rings. The first kappa shape index (κ1) is 26.2. The Morgan fingerprint density at radius 2 is 2.19 bits per heavy atom. The number of benzene rings is 1. The van der Waals surface area contributed by atoms with Gasteiger partial charge in [0.2, 0.25) is 5.95 Å². The first-order valence-corrected chi connectivity index (χ1v) is 11.7. The number of rotatable bonds is 9. The number of aliphatic imine (C=N–C) groups is 1. The minimum Gasteiger partial charge on any atom is -0.394 e. The van der Waals surface area contributed by atoms with Gasteiger partial charge in [-0.15, -0.1) is 0 Å². The van der Waals surface area contributed by atoms with Gasteiger partial charge in [-0.1, -0.05) is 17.7 Å². The SMILES string of the molecule is COC[C@H]1CC(C=Nc2nc(Nc3ccnn3C)ncc2Cl)=C(N)C(=O)N1Cc1cc(F)ccc1CO. The van der Waals surface area contributed by atoms with Gasteiger partial charge in [0.25, 0.3) is 5.91 Å². The van der Waals surface area contributed by atoms with Crippen molar-refractivity contribution in [2.75, 3.05) is 19.0 Å². The van der Waals surface area contributed by atoms with Crippen LogP contribution in [0.2, 0.25) is 5.02 Å². The van der Waals surface area contributed by atoms with E-state index in [0.717, 1.165) is 0 Å². The zero-order chi connectivity index (χ0) is 26.5. The number of aromatic nitrogens is 4. The number of nitrogens with zero attached hydrogens (tertiary/aromatic N) is 6. The largest absolute Gasteiger partial charge is 0.394 e. The number of nitrogens with one attached hydrogen (secondary N) is 1. The van der Waals surface area contributed by atoms with Gasteiger partial charge in [0.1, 0.15) is 22.4 Å². The molecule has 4 rings (SSSR count). The maximum absolute atomic E-state index is 13.9. The van der Waals surface area contributed by atoms with Crippen LogP contribution in [-0.2, 0) is 29.7 Å². The fourth-order valence-corrected chi connectivity index (χ4v) is 4.07. The number of carbonyl (C=O) groups is 1. The monoisotopic (exact) mass is 528 g/mol. The van der Waals surface area contributed by atoms with E-state index < -0.39 is 17.8 Å². The van der Waals surface area contributed by atoms with E-state index in [-0.39, 0.29) is 42.2 Å². The second-order valence-electron chi connectivity index (χ2n) is 8.34. The summed E-state index contributed by atoms with van der Waals surface area (Å²) in [6.07, 6.45) is 4.83. The number of ether oxygens (including phenoxy) is 1. The van der Waals surface area contributed by atoms with E-state index >= 15 is 0 Å². The molecule has 1 aliphatic rings. The molecule has 11 nitrogen and oxygen atoms in total. The topological polar surface area (TPSA) is 144 Å². The molecule has 1 amide bonds. The minimum absolute atomic E-state index is 0.00327. The van der Waals surface area contributed by atoms with Crippen molar-refractivity contribution < 1.29 is 19.0 Å². The molecule has 0 bridgehead atoms. The molecule has 0 fully saturated rings. The van der Waals surface area contributed by atoms with Crippen molar-refractivity contribution in [3.8, 4) is 0 Å². The van der Waals surface area contributed by atoms with Gasteiger partial charge >= 0.3 is 0 Å². The normalized spacial score (nSPS) is 16.2. The van der Waals surface area contributed by atoms with E-state index in [0.29, 0.717) is 28.9 Å². The number of carbonyl (C=O) groups excluding carboxylic acids is 1. The molecule has 1 atom stereocenters. The van der Waals surface area contributed by atoms with Gasteiger partial charge in [-0.3, -0.25) is 9.48 Å². The molecule has 1 aromatic carbocycles. The number of aliphatic hydroxyl groups excluding tert-OH is 1. The highest BCUT2D eigenvalue weighted by Gasteiger charge is 2.33. The number of methoxy groups -OCH3 is 1. The Bertz CT molecular complexity index is 1360. The number of halogens is 2. The summed E-state index contributed by atoms with van der Waals surface area (Å²) in [5.41, 5.74) is 7.70. The van der Waals surface area contributed by atoms with Crippen molar-refractivity contribution in [2.24, 2.45) is 17.8 Å². The van der Waals surface area contributed by atoms with Gasteiger partial charge in [0.15, 0.2) is 5.82 Å². The van der Waals surface area contributed by atoms with Crippen molar-refractivity contribution >= 4 is 41.3 Å². The molecule has 0 radical (unpaired) electrons. The first-order valence-electron chi connectivity index (χ1n) is 11.3. The average Bonchev–Trinajstić information content (AvgIpc) is 3.28. The fraction of sp³-hybridized carbons (Fsp3) is 0.292. The summed E-state index contributed by atoms with van der Waals surface area (Å²) in [7, 11) is 3.29. The lowest BCUT2D eigenvalue weighted by Gasteiger charge is -2.36. The summed E-state index contributed by atoms with van der Waals surface area (Å²) in [5.74, 6) is 0.213. The summed E-state index contributed by atoms with van der Waals surface area (Å²) in [6.45, 7) is -0.00741. The van der Waals surface area contributed by atoms with Crippen LogP contribution in [0.3, 0.4) is 0 Å². The lowest BCUT2D eigenvalue weighted by molar-refractivity contribution is -0.132. The van der Waals surface area contributed by atoms with Gasteiger partial charge in [-0.25, -0.2) is 14.4 Å². The molecule has 0 aliphatic carbocycles. The van der Waals surface area contributed by atoms with Crippen LogP contribution in [0.1, 0.15) is 17.5 Å². The van der Waals surface area contributed by atoms with Crippen molar-refractivity contribution in [1.29, 1.82) is 0 Å². The third-order valence-corrected chi connectivity index (χ3v) is 6.17. The van der Waals surface area contributed by atoms with E-state index in [1.807, 2.05) is 0 Å². The molecule has 0 saturated heterocycles. The van der Waals surface area contributed by atoms with Gasteiger partial charge < -0.3 is 25.8 Å². The average molecular weight is 529 g/mol. The Balaban J connectivity index is 1.59. The highest BCUT2D eigenvalue weighted by Crippen LogP contribution is 2.27. The second kappa shape index (κ2) is 11.5. The van der Waals surface area contributed by atoms with Crippen LogP contribution in [0.4, 0.5) is 22.0 Å². The molecular formula is C24H26ClFN8O3. The van der Waals surface area contributed by atoms with Crippen LogP contribution in [-0.4, -0.2) is 61.6 Å². The summed E-state index contributed by atoms with van der Waals surface area (Å²) in [5, 5.41) is 17.0. The van der Waals surface area contributed by atoms with Gasteiger partial charge in [-0.05, 0) is 29.7 Å². The first-order chi connectivity index (χ1) is 17.8. The molecule has 0 spiro atoms. The number of amides is 1. The summed E-state index contributed by atoms with van der Waals surface area (Å²) >= 11 is 6.25. The van der Waals surface area contributed by atoms with Crippen LogP contribution < -0.4 is 11.1 Å². The molecule has 194 valence electrons. The Hall–Kier alpha value is -3.87. The number of nitrogens with two attached hydrogens (primary N) is 1. The van der Waals surface area contributed by atoms with E-state index in [9.17, 15) is 14.3 Å². The fourth-order valence-electron chi connectivity index (χ4n) is 3.93. The van der Waals surface area contributed by atoms with E-state index in [1.165, 1.54) is 42.6 Å². The van der Waals surface area contributed by atoms with Crippen LogP contribution >= 0.6 is 11.6 Å². The molecule has 3 heterocycles. The molecule has 0 saturated carbocycles. The highest BCUT2D eigenvalue weighted by atomic mass is 35.5. The lowest BCUT2D eigenvalue weighted by Crippen LogP contribution is -2.48. The number of anilines is 2. The van der Waals surface area contributed by atoms with Crippen molar-refractivity contribution in [3.05, 3.63) is 69.9 Å². The predicted molar refractivity (Wildman–Crippen MR) is 136 cm³/mol. The van der Waals surface area contributed by atoms with Crippen LogP contribution in [0, 0.1) is 5.82 Å². The molecule has 4 N–H and O–H groups in total. The second-order valence-corrected chi connectivity index (χ2v) is 8.75. The number of hydrogen-bond donors (Lipinski definition) is 3. The Labute approximate surface area is 217 Å². The summed E-state index contributed by atoms with van der Waals surface area (Å²) in [6, 6.07) is 5.41. The molecule has 2 aromatic heterocycles. The number of aliphatic hydroxyl groups is 1.